The molecular weight excluding hydrogens is 433 g/mol. The molecule has 0 spiro atoms. The lowest BCUT2D eigenvalue weighted by molar-refractivity contribution is 0.0659. The van der Waals surface area contributed by atoms with E-state index in [1.807, 2.05) is 0 Å². The Hall–Kier alpha value is -1.80. The van der Waals surface area contributed by atoms with Crippen LogP contribution >= 0.6 is 23.2 Å². The van der Waals surface area contributed by atoms with Crippen molar-refractivity contribution in [3.63, 3.8) is 0 Å². The molecule has 1 fully saturated rings. The number of likely N-dealkylation sites (tertiary alicyclic amines) is 1. The van der Waals surface area contributed by atoms with E-state index in [0.717, 1.165) is 25.9 Å². The summed E-state index contributed by atoms with van der Waals surface area (Å²) in [6, 6.07) is 10.8. The van der Waals surface area contributed by atoms with Crippen molar-refractivity contribution in [1.82, 2.24) is 9.80 Å². The summed E-state index contributed by atoms with van der Waals surface area (Å²) in [5.41, 5.74) is 0.701. The monoisotopic (exact) mass is 455 g/mol. The van der Waals surface area contributed by atoms with E-state index < -0.39 is 10.0 Å². The zero-order valence-electron chi connectivity index (χ0n) is 16.2. The van der Waals surface area contributed by atoms with Crippen molar-refractivity contribution in [3.05, 3.63) is 58.1 Å². The average Bonchev–Trinajstić information content (AvgIpc) is 2.69. The van der Waals surface area contributed by atoms with Crippen LogP contribution in [0.5, 0.6) is 0 Å². The van der Waals surface area contributed by atoms with Crippen molar-refractivity contribution in [2.45, 2.75) is 23.8 Å². The molecule has 1 amide bonds. The van der Waals surface area contributed by atoms with Gasteiger partial charge >= 0.3 is 0 Å². The normalized spacial score (nSPS) is 15.9. The number of carbonyl (C=O) groups excluding carboxylic acids is 1. The minimum Gasteiger partial charge on any atom is -0.339 e. The van der Waals surface area contributed by atoms with Crippen LogP contribution < -0.4 is 4.72 Å². The molecule has 0 bridgehead atoms. The highest BCUT2D eigenvalue weighted by atomic mass is 35.5. The lowest BCUT2D eigenvalue weighted by Gasteiger charge is -2.35. The number of anilines is 1. The zero-order valence-corrected chi connectivity index (χ0v) is 18.6. The first-order valence-corrected chi connectivity index (χ1v) is 11.4. The Labute approximate surface area is 181 Å². The molecule has 29 heavy (non-hydrogen) atoms. The number of benzene rings is 2. The molecule has 1 N–H and O–H groups in total. The first-order chi connectivity index (χ1) is 13.7. The van der Waals surface area contributed by atoms with Gasteiger partial charge in [0.15, 0.2) is 0 Å². The van der Waals surface area contributed by atoms with E-state index in [0.29, 0.717) is 5.56 Å². The molecule has 1 aliphatic heterocycles. The van der Waals surface area contributed by atoms with Crippen LogP contribution in [-0.4, -0.2) is 57.4 Å². The molecule has 1 saturated heterocycles. The van der Waals surface area contributed by atoms with Crippen LogP contribution in [0.25, 0.3) is 0 Å². The van der Waals surface area contributed by atoms with Crippen LogP contribution in [0.1, 0.15) is 23.2 Å². The molecular formula is C20H23Cl2N3O3S. The molecule has 2 aromatic rings. The van der Waals surface area contributed by atoms with Crippen LogP contribution in [0.15, 0.2) is 47.4 Å². The van der Waals surface area contributed by atoms with Crippen molar-refractivity contribution < 1.29 is 13.2 Å². The van der Waals surface area contributed by atoms with E-state index in [-0.39, 0.29) is 32.6 Å². The number of rotatable bonds is 5. The molecule has 3 rings (SSSR count). The van der Waals surface area contributed by atoms with E-state index in [4.69, 9.17) is 23.2 Å². The van der Waals surface area contributed by atoms with Crippen LogP contribution in [-0.2, 0) is 10.0 Å². The average molecular weight is 456 g/mol. The van der Waals surface area contributed by atoms with Gasteiger partial charge in [-0.1, -0.05) is 29.3 Å². The number of sulfonamides is 1. The predicted octanol–water partition coefficient (Wildman–Crippen LogP) is 3.96. The standard InChI is InChI=1S/C20H23Cl2N3O3S/c1-24-10-8-17(9-11-24)25(2)20(26)14-4-3-5-16(12-14)23-29(27,28)19-13-15(21)6-7-18(19)22/h3-7,12-13,17,23H,8-11H2,1-2H3. The Bertz CT molecular complexity index is 1010. The molecule has 1 aliphatic rings. The summed E-state index contributed by atoms with van der Waals surface area (Å²) in [5, 5.41) is 0.328. The Morgan fingerprint density at radius 2 is 1.83 bits per heavy atom. The zero-order chi connectivity index (χ0) is 21.2. The fourth-order valence-electron chi connectivity index (χ4n) is 3.36. The fraction of sp³-hybridized carbons (Fsp3) is 0.350. The Kier molecular flexibility index (Phi) is 6.73. The number of carbonyl (C=O) groups is 1. The minimum absolute atomic E-state index is 0.0659. The summed E-state index contributed by atoms with van der Waals surface area (Å²) in [6.45, 7) is 1.89. The van der Waals surface area contributed by atoms with Crippen molar-refractivity contribution >= 4 is 44.8 Å². The summed E-state index contributed by atoms with van der Waals surface area (Å²) in [5.74, 6) is -0.138. The highest BCUT2D eigenvalue weighted by Gasteiger charge is 2.25. The van der Waals surface area contributed by atoms with Gasteiger partial charge in [0, 0.05) is 29.4 Å². The van der Waals surface area contributed by atoms with Crippen LogP contribution in [0.4, 0.5) is 5.69 Å². The van der Waals surface area contributed by atoms with E-state index in [2.05, 4.69) is 16.7 Å². The minimum atomic E-state index is -3.95. The van der Waals surface area contributed by atoms with Crippen LogP contribution in [0, 0.1) is 0 Å². The molecule has 6 nitrogen and oxygen atoms in total. The summed E-state index contributed by atoms with van der Waals surface area (Å²) in [4.78, 5) is 16.8. The van der Waals surface area contributed by atoms with E-state index in [9.17, 15) is 13.2 Å². The second kappa shape index (κ2) is 8.92. The maximum absolute atomic E-state index is 12.9. The van der Waals surface area contributed by atoms with Gasteiger partial charge in [-0.2, -0.15) is 0 Å². The van der Waals surface area contributed by atoms with Gasteiger partial charge in [0.1, 0.15) is 4.90 Å². The third kappa shape index (κ3) is 5.22. The third-order valence-corrected chi connectivity index (χ3v) is 7.20. The van der Waals surface area contributed by atoms with Gasteiger partial charge in [0.2, 0.25) is 0 Å². The summed E-state index contributed by atoms with van der Waals surface area (Å²) >= 11 is 11.9. The quantitative estimate of drug-likeness (QED) is 0.740. The second-order valence-corrected chi connectivity index (χ2v) is 9.71. The lowest BCUT2D eigenvalue weighted by atomic mass is 10.0. The van der Waals surface area contributed by atoms with E-state index >= 15 is 0 Å². The number of nitrogens with zero attached hydrogens (tertiary/aromatic N) is 2. The van der Waals surface area contributed by atoms with Crippen molar-refractivity contribution in [2.24, 2.45) is 0 Å². The molecule has 2 aromatic carbocycles. The molecule has 9 heteroatoms. The van der Waals surface area contributed by atoms with Gasteiger partial charge in [-0.15, -0.1) is 0 Å². The summed E-state index contributed by atoms with van der Waals surface area (Å²) in [6.07, 6.45) is 1.83. The molecule has 1 heterocycles. The number of hydrogen-bond donors (Lipinski definition) is 1. The second-order valence-electron chi connectivity index (χ2n) is 7.21. The number of hydrogen-bond acceptors (Lipinski definition) is 4. The highest BCUT2D eigenvalue weighted by molar-refractivity contribution is 7.92. The number of halogens is 2. The summed E-state index contributed by atoms with van der Waals surface area (Å²) < 4.78 is 27.9. The van der Waals surface area contributed by atoms with Crippen molar-refractivity contribution in [2.75, 3.05) is 31.9 Å². The Morgan fingerprint density at radius 3 is 2.52 bits per heavy atom. The number of piperidine rings is 1. The Balaban J connectivity index is 1.78. The molecule has 0 aromatic heterocycles. The van der Waals surface area contributed by atoms with Crippen molar-refractivity contribution in [1.29, 1.82) is 0 Å². The number of amides is 1. The largest absolute Gasteiger partial charge is 0.339 e. The molecule has 0 unspecified atom stereocenters. The maximum atomic E-state index is 12.9. The SMILES string of the molecule is CN1CCC(N(C)C(=O)c2cccc(NS(=O)(=O)c3cc(Cl)ccc3Cl)c2)CC1. The fourth-order valence-corrected chi connectivity index (χ4v) is 5.17. The molecule has 156 valence electrons. The van der Waals surface area contributed by atoms with E-state index in [1.165, 1.54) is 24.3 Å². The highest BCUT2D eigenvalue weighted by Crippen LogP contribution is 2.27. The van der Waals surface area contributed by atoms with Gasteiger partial charge in [-0.3, -0.25) is 9.52 Å². The van der Waals surface area contributed by atoms with Gasteiger partial charge < -0.3 is 9.80 Å². The summed E-state index contributed by atoms with van der Waals surface area (Å²) in [7, 11) is -0.0908. The molecule has 0 aliphatic carbocycles. The smallest absolute Gasteiger partial charge is 0.263 e. The predicted molar refractivity (Wildman–Crippen MR) is 116 cm³/mol. The third-order valence-electron chi connectivity index (χ3n) is 5.10. The van der Waals surface area contributed by atoms with E-state index in [1.54, 1.807) is 30.1 Å². The van der Waals surface area contributed by atoms with Crippen molar-refractivity contribution in [3.8, 4) is 0 Å². The molecule has 0 radical (unpaired) electrons. The topological polar surface area (TPSA) is 69.7 Å². The molecule has 0 saturated carbocycles. The van der Waals surface area contributed by atoms with Crippen LogP contribution in [0.3, 0.4) is 0 Å². The molecule has 0 atom stereocenters. The maximum Gasteiger partial charge on any atom is 0.263 e. The van der Waals surface area contributed by atoms with Gasteiger partial charge in [-0.25, -0.2) is 8.42 Å². The van der Waals surface area contributed by atoms with Gasteiger partial charge in [0.05, 0.1) is 5.02 Å². The number of nitrogens with one attached hydrogen (secondary N) is 1. The van der Waals surface area contributed by atoms with Gasteiger partial charge in [0.25, 0.3) is 15.9 Å². The Morgan fingerprint density at radius 1 is 1.14 bits per heavy atom. The lowest BCUT2D eigenvalue weighted by Crippen LogP contribution is -2.44. The first kappa shape index (κ1) is 21.9. The first-order valence-electron chi connectivity index (χ1n) is 9.21. The van der Waals surface area contributed by atoms with Gasteiger partial charge in [-0.05, 0) is 69.4 Å². The van der Waals surface area contributed by atoms with Crippen LogP contribution in [0.2, 0.25) is 10.0 Å².